The minimum atomic E-state index is -0.764. The lowest BCUT2D eigenvalue weighted by atomic mass is 10.2. The summed E-state index contributed by atoms with van der Waals surface area (Å²) in [4.78, 5) is 20.4. The van der Waals surface area contributed by atoms with Crippen molar-refractivity contribution in [3.63, 3.8) is 0 Å². The Balaban J connectivity index is 2.72. The number of rotatable bonds is 3. The minimum Gasteiger partial charge on any atom is -0.508 e. The summed E-state index contributed by atoms with van der Waals surface area (Å²) in [7, 11) is 0. The molecule has 0 aliphatic heterocycles. The van der Waals surface area contributed by atoms with Crippen molar-refractivity contribution in [1.29, 1.82) is 0 Å². The van der Waals surface area contributed by atoms with Gasteiger partial charge in [-0.15, -0.1) is 0 Å². The lowest BCUT2D eigenvalue weighted by Gasteiger charge is -2.06. The topological polar surface area (TPSA) is 92.5 Å². The van der Waals surface area contributed by atoms with Crippen LogP contribution < -0.4 is 5.32 Å². The molecule has 0 unspecified atom stereocenters. The molecule has 0 spiro atoms. The number of hydrogen-bond donors (Lipinski definition) is 2. The molecule has 6 nitrogen and oxygen atoms in total. The Morgan fingerprint density at radius 2 is 2.27 bits per heavy atom. The van der Waals surface area contributed by atoms with Crippen LogP contribution in [0.4, 0.5) is 5.69 Å². The van der Waals surface area contributed by atoms with Crippen LogP contribution in [0.25, 0.3) is 0 Å². The molecule has 80 valence electrons. The van der Waals surface area contributed by atoms with Crippen molar-refractivity contribution < 1.29 is 14.8 Å². The average Bonchev–Trinajstić information content (AvgIpc) is 2.08. The van der Waals surface area contributed by atoms with E-state index >= 15 is 0 Å². The molecule has 2 N–H and O–H groups in total. The molecule has 1 aromatic rings. The second-order valence-electron chi connectivity index (χ2n) is 3.04. The predicted molar refractivity (Wildman–Crippen MR) is 53.3 cm³/mol. The van der Waals surface area contributed by atoms with Crippen LogP contribution in [0.3, 0.4) is 0 Å². The van der Waals surface area contributed by atoms with Gasteiger partial charge in [0, 0.05) is 10.6 Å². The Labute approximate surface area is 85.7 Å². The molecule has 0 saturated carbocycles. The fourth-order valence-electron chi connectivity index (χ4n) is 1.10. The Hall–Kier alpha value is -2.11. The van der Waals surface area contributed by atoms with Crippen LogP contribution in [0.2, 0.25) is 0 Å². The Morgan fingerprint density at radius 1 is 1.60 bits per heavy atom. The molecule has 0 heterocycles. The zero-order valence-corrected chi connectivity index (χ0v) is 8.06. The number of hydrogen-bond acceptors (Lipinski definition) is 4. The molecular formula is C9H10N2O4. The number of anilines is 1. The van der Waals surface area contributed by atoms with E-state index in [1.165, 1.54) is 18.2 Å². The first-order valence-electron chi connectivity index (χ1n) is 4.20. The highest BCUT2D eigenvalue weighted by molar-refractivity contribution is 5.92. The molecule has 0 bridgehead atoms. The van der Waals surface area contributed by atoms with E-state index in [0.717, 1.165) is 0 Å². The monoisotopic (exact) mass is 210 g/mol. The summed E-state index contributed by atoms with van der Waals surface area (Å²) < 4.78 is 0. The van der Waals surface area contributed by atoms with Crippen LogP contribution in [0, 0.1) is 17.0 Å². The highest BCUT2D eigenvalue weighted by Gasteiger charge is 2.10. The first-order valence-corrected chi connectivity index (χ1v) is 4.20. The van der Waals surface area contributed by atoms with Crippen molar-refractivity contribution in [2.45, 2.75) is 6.92 Å². The van der Waals surface area contributed by atoms with Crippen molar-refractivity contribution >= 4 is 11.6 Å². The Morgan fingerprint density at radius 3 is 2.80 bits per heavy atom. The van der Waals surface area contributed by atoms with Gasteiger partial charge in [-0.25, -0.2) is 0 Å². The number of carbonyl (C=O) groups excluding carboxylic acids is 1. The molecule has 0 aliphatic rings. The molecule has 1 aromatic carbocycles. The fraction of sp³-hybridized carbons (Fsp3) is 0.222. The lowest BCUT2D eigenvalue weighted by molar-refractivity contribution is -0.467. The standard InChI is InChI=1S/C9H10N2O4/c1-6-4-7(12)2-3-8(6)10-9(13)5-11(14)15/h2-4,12H,5H2,1H3,(H,10,13). The molecule has 1 rings (SSSR count). The van der Waals surface area contributed by atoms with Crippen molar-refractivity contribution in [3.8, 4) is 5.75 Å². The van der Waals surface area contributed by atoms with E-state index in [2.05, 4.69) is 5.32 Å². The number of aryl methyl sites for hydroxylation is 1. The summed E-state index contributed by atoms with van der Waals surface area (Å²) in [5.41, 5.74) is 1.10. The maximum absolute atomic E-state index is 11.0. The van der Waals surface area contributed by atoms with Gasteiger partial charge in [0.1, 0.15) is 5.75 Å². The highest BCUT2D eigenvalue weighted by Crippen LogP contribution is 2.19. The van der Waals surface area contributed by atoms with E-state index < -0.39 is 17.4 Å². The van der Waals surface area contributed by atoms with Crippen LogP contribution in [-0.2, 0) is 4.79 Å². The number of aromatic hydroxyl groups is 1. The number of nitro groups is 1. The lowest BCUT2D eigenvalue weighted by Crippen LogP contribution is -2.21. The average molecular weight is 210 g/mol. The van der Waals surface area contributed by atoms with E-state index in [1.807, 2.05) is 0 Å². The molecule has 0 aliphatic carbocycles. The maximum Gasteiger partial charge on any atom is 0.296 e. The molecule has 0 saturated heterocycles. The first-order chi connectivity index (χ1) is 6.99. The number of phenolic OH excluding ortho intramolecular Hbond substituents is 1. The van der Waals surface area contributed by atoms with Crippen LogP contribution in [0.15, 0.2) is 18.2 Å². The number of nitrogens with one attached hydrogen (secondary N) is 1. The van der Waals surface area contributed by atoms with Gasteiger partial charge in [-0.2, -0.15) is 0 Å². The Kier molecular flexibility index (Phi) is 3.22. The summed E-state index contributed by atoms with van der Waals surface area (Å²) >= 11 is 0. The minimum absolute atomic E-state index is 0.0831. The smallest absolute Gasteiger partial charge is 0.296 e. The Bertz CT molecular complexity index is 403. The number of carbonyl (C=O) groups is 1. The second kappa shape index (κ2) is 4.41. The van der Waals surface area contributed by atoms with Gasteiger partial charge in [0.2, 0.25) is 0 Å². The number of benzene rings is 1. The normalized spacial score (nSPS) is 9.67. The van der Waals surface area contributed by atoms with Crippen molar-refractivity contribution in [1.82, 2.24) is 0 Å². The maximum atomic E-state index is 11.0. The van der Waals surface area contributed by atoms with E-state index in [1.54, 1.807) is 6.92 Å². The quantitative estimate of drug-likeness (QED) is 0.440. The summed E-state index contributed by atoms with van der Waals surface area (Å²) in [6, 6.07) is 4.35. The third kappa shape index (κ3) is 3.26. The molecule has 0 radical (unpaired) electrons. The number of phenols is 1. The van der Waals surface area contributed by atoms with E-state index in [9.17, 15) is 14.9 Å². The van der Waals surface area contributed by atoms with Crippen molar-refractivity contribution in [2.75, 3.05) is 11.9 Å². The van der Waals surface area contributed by atoms with Gasteiger partial charge in [0.05, 0.1) is 0 Å². The van der Waals surface area contributed by atoms with Crippen molar-refractivity contribution in [2.24, 2.45) is 0 Å². The van der Waals surface area contributed by atoms with Crippen LogP contribution in [0.1, 0.15) is 5.56 Å². The predicted octanol–water partition coefficient (Wildman–Crippen LogP) is 0.916. The third-order valence-corrected chi connectivity index (χ3v) is 1.76. The van der Waals surface area contributed by atoms with E-state index in [0.29, 0.717) is 11.3 Å². The van der Waals surface area contributed by atoms with Gasteiger partial charge in [-0.05, 0) is 30.7 Å². The number of amides is 1. The summed E-state index contributed by atoms with van der Waals surface area (Å²) in [6.07, 6.45) is 0. The van der Waals surface area contributed by atoms with Crippen LogP contribution >= 0.6 is 0 Å². The van der Waals surface area contributed by atoms with E-state index in [-0.39, 0.29) is 5.75 Å². The molecule has 0 fully saturated rings. The molecule has 0 aromatic heterocycles. The van der Waals surface area contributed by atoms with Crippen molar-refractivity contribution in [3.05, 3.63) is 33.9 Å². The highest BCUT2D eigenvalue weighted by atomic mass is 16.6. The van der Waals surface area contributed by atoms with Crippen LogP contribution in [-0.4, -0.2) is 22.5 Å². The molecule has 1 amide bonds. The zero-order chi connectivity index (χ0) is 11.4. The molecular weight excluding hydrogens is 200 g/mol. The largest absolute Gasteiger partial charge is 0.508 e. The zero-order valence-electron chi connectivity index (χ0n) is 8.06. The van der Waals surface area contributed by atoms with Gasteiger partial charge < -0.3 is 10.4 Å². The van der Waals surface area contributed by atoms with Crippen LogP contribution in [0.5, 0.6) is 5.75 Å². The second-order valence-corrected chi connectivity index (χ2v) is 3.04. The van der Waals surface area contributed by atoms with Gasteiger partial charge in [-0.1, -0.05) is 0 Å². The molecule has 0 atom stereocenters. The SMILES string of the molecule is Cc1cc(O)ccc1NC(=O)C[N+](=O)[O-]. The fourth-order valence-corrected chi connectivity index (χ4v) is 1.10. The van der Waals surface area contributed by atoms with Gasteiger partial charge in [0.15, 0.2) is 0 Å². The molecule has 15 heavy (non-hydrogen) atoms. The summed E-state index contributed by atoms with van der Waals surface area (Å²) in [5.74, 6) is -0.603. The number of nitrogens with zero attached hydrogens (tertiary/aromatic N) is 1. The molecule has 6 heteroatoms. The summed E-state index contributed by atoms with van der Waals surface area (Å²) in [5, 5.41) is 21.5. The van der Waals surface area contributed by atoms with Gasteiger partial charge in [-0.3, -0.25) is 14.9 Å². The third-order valence-electron chi connectivity index (χ3n) is 1.76. The van der Waals surface area contributed by atoms with Gasteiger partial charge >= 0.3 is 0 Å². The first kappa shape index (κ1) is 11.0. The van der Waals surface area contributed by atoms with E-state index in [4.69, 9.17) is 5.11 Å². The van der Waals surface area contributed by atoms with Gasteiger partial charge in [0.25, 0.3) is 12.5 Å². The summed E-state index contributed by atoms with van der Waals surface area (Å²) in [6.45, 7) is 0.918.